The van der Waals surface area contributed by atoms with Crippen molar-refractivity contribution >= 4 is 29.9 Å². The fourth-order valence-electron chi connectivity index (χ4n) is 3.16. The van der Waals surface area contributed by atoms with Crippen molar-refractivity contribution in [3.8, 4) is 5.75 Å². The number of likely N-dealkylation sites (N-methyl/N-ethyl adjacent to an activating group) is 1. The number of unbranched alkanes of at least 4 members (excludes halogenated alkanes) is 1. The van der Waals surface area contributed by atoms with Crippen molar-refractivity contribution in [1.82, 2.24) is 20.4 Å². The first-order valence-electron chi connectivity index (χ1n) is 10.5. The number of piperazine rings is 1. The highest BCUT2D eigenvalue weighted by Crippen LogP contribution is 2.07. The summed E-state index contributed by atoms with van der Waals surface area (Å²) >= 11 is 0. The molecule has 0 amide bonds. The van der Waals surface area contributed by atoms with E-state index in [1.807, 2.05) is 30.3 Å². The highest BCUT2D eigenvalue weighted by molar-refractivity contribution is 14.0. The molecule has 2 N–H and O–H groups in total. The first kappa shape index (κ1) is 25.0. The summed E-state index contributed by atoms with van der Waals surface area (Å²) in [7, 11) is 0. The van der Waals surface area contributed by atoms with Gasteiger partial charge in [0.2, 0.25) is 0 Å². The number of para-hydroxylation sites is 1. The standard InChI is InChI=1S/C21H37N5O.HI/c1-3-22-21(24-13-19-27-20-10-6-5-7-11-20)23-12-8-9-14-26-17-15-25(4-2)16-18-26;/h5-7,10-11H,3-4,8-9,12-19H2,1-2H3,(H2,22,23,24);1H. The van der Waals surface area contributed by atoms with Gasteiger partial charge in [-0.25, -0.2) is 0 Å². The molecule has 0 atom stereocenters. The molecule has 0 unspecified atom stereocenters. The summed E-state index contributed by atoms with van der Waals surface area (Å²) in [6, 6.07) is 9.91. The molecule has 0 aromatic heterocycles. The summed E-state index contributed by atoms with van der Waals surface area (Å²) in [6.45, 7) is 14.7. The van der Waals surface area contributed by atoms with Gasteiger partial charge in [0.1, 0.15) is 12.4 Å². The number of hydrogen-bond donors (Lipinski definition) is 2. The molecule has 2 rings (SSSR count). The Balaban J connectivity index is 0.00000392. The van der Waals surface area contributed by atoms with E-state index in [-0.39, 0.29) is 24.0 Å². The van der Waals surface area contributed by atoms with Crippen molar-refractivity contribution in [3.63, 3.8) is 0 Å². The molecule has 1 aromatic carbocycles. The number of rotatable bonds is 11. The molecule has 160 valence electrons. The molecule has 1 fully saturated rings. The van der Waals surface area contributed by atoms with E-state index in [2.05, 4.69) is 39.3 Å². The summed E-state index contributed by atoms with van der Waals surface area (Å²) in [5.74, 6) is 1.78. The minimum Gasteiger partial charge on any atom is -0.492 e. The van der Waals surface area contributed by atoms with Gasteiger partial charge >= 0.3 is 0 Å². The zero-order chi connectivity index (χ0) is 19.2. The second-order valence-electron chi connectivity index (χ2n) is 6.83. The Morgan fingerprint density at radius 2 is 1.71 bits per heavy atom. The molecule has 0 saturated carbocycles. The zero-order valence-corrected chi connectivity index (χ0v) is 19.9. The lowest BCUT2D eigenvalue weighted by molar-refractivity contribution is 0.136. The maximum absolute atomic E-state index is 5.71. The van der Waals surface area contributed by atoms with E-state index >= 15 is 0 Å². The van der Waals surface area contributed by atoms with Crippen LogP contribution in [-0.2, 0) is 0 Å². The number of guanidine groups is 1. The van der Waals surface area contributed by atoms with Crippen LogP contribution in [0.25, 0.3) is 0 Å². The monoisotopic (exact) mass is 503 g/mol. The van der Waals surface area contributed by atoms with E-state index in [1.165, 1.54) is 45.7 Å². The average molecular weight is 503 g/mol. The molecule has 7 heteroatoms. The Labute approximate surface area is 188 Å². The smallest absolute Gasteiger partial charge is 0.191 e. The van der Waals surface area contributed by atoms with Gasteiger partial charge in [-0.05, 0) is 45.0 Å². The van der Waals surface area contributed by atoms with Crippen LogP contribution in [-0.4, -0.2) is 81.3 Å². The lowest BCUT2D eigenvalue weighted by Crippen LogP contribution is -2.46. The Morgan fingerprint density at radius 3 is 2.39 bits per heavy atom. The van der Waals surface area contributed by atoms with Gasteiger partial charge in [0.15, 0.2) is 5.96 Å². The van der Waals surface area contributed by atoms with Crippen LogP contribution < -0.4 is 15.4 Å². The summed E-state index contributed by atoms with van der Waals surface area (Å²) in [6.07, 6.45) is 2.34. The van der Waals surface area contributed by atoms with Crippen LogP contribution in [0.4, 0.5) is 0 Å². The van der Waals surface area contributed by atoms with Gasteiger partial charge in [-0.2, -0.15) is 0 Å². The summed E-state index contributed by atoms with van der Waals surface area (Å²) in [4.78, 5) is 9.79. The molecule has 0 aliphatic carbocycles. The van der Waals surface area contributed by atoms with E-state index in [4.69, 9.17) is 4.74 Å². The van der Waals surface area contributed by atoms with Gasteiger partial charge in [0.25, 0.3) is 0 Å². The highest BCUT2D eigenvalue weighted by Gasteiger charge is 2.14. The fraction of sp³-hybridized carbons (Fsp3) is 0.667. The van der Waals surface area contributed by atoms with E-state index in [1.54, 1.807) is 0 Å². The van der Waals surface area contributed by atoms with Crippen LogP contribution in [0, 0.1) is 0 Å². The molecule has 0 radical (unpaired) electrons. The maximum atomic E-state index is 5.71. The molecular weight excluding hydrogens is 465 g/mol. The topological polar surface area (TPSA) is 52.1 Å². The summed E-state index contributed by atoms with van der Waals surface area (Å²) in [5.41, 5.74) is 0. The van der Waals surface area contributed by atoms with E-state index in [0.29, 0.717) is 6.61 Å². The molecule has 28 heavy (non-hydrogen) atoms. The van der Waals surface area contributed by atoms with Crippen molar-refractivity contribution in [3.05, 3.63) is 30.3 Å². The van der Waals surface area contributed by atoms with Crippen LogP contribution in [0.5, 0.6) is 5.75 Å². The molecular formula is C21H38IN5O. The Bertz CT molecular complexity index is 521. The zero-order valence-electron chi connectivity index (χ0n) is 17.5. The van der Waals surface area contributed by atoms with Crippen LogP contribution >= 0.6 is 24.0 Å². The van der Waals surface area contributed by atoms with Gasteiger partial charge in [0, 0.05) is 39.3 Å². The Kier molecular flexibility index (Phi) is 14.1. The van der Waals surface area contributed by atoms with E-state index in [9.17, 15) is 0 Å². The normalized spacial score (nSPS) is 15.7. The quantitative estimate of drug-likeness (QED) is 0.211. The second-order valence-corrected chi connectivity index (χ2v) is 6.83. The third kappa shape index (κ3) is 10.5. The number of hydrogen-bond acceptors (Lipinski definition) is 4. The third-order valence-electron chi connectivity index (χ3n) is 4.82. The van der Waals surface area contributed by atoms with Crippen molar-refractivity contribution in [2.75, 3.05) is 65.5 Å². The summed E-state index contributed by atoms with van der Waals surface area (Å²) in [5, 5.41) is 6.64. The molecule has 1 aliphatic heterocycles. The predicted molar refractivity (Wildman–Crippen MR) is 129 cm³/mol. The minimum atomic E-state index is 0. The highest BCUT2D eigenvalue weighted by atomic mass is 127. The molecule has 1 saturated heterocycles. The summed E-state index contributed by atoms with van der Waals surface area (Å²) < 4.78 is 5.71. The van der Waals surface area contributed by atoms with E-state index in [0.717, 1.165) is 37.8 Å². The maximum Gasteiger partial charge on any atom is 0.191 e. The molecule has 6 nitrogen and oxygen atoms in total. The van der Waals surface area contributed by atoms with Gasteiger partial charge in [-0.1, -0.05) is 25.1 Å². The third-order valence-corrected chi connectivity index (χ3v) is 4.82. The first-order chi connectivity index (χ1) is 13.3. The van der Waals surface area contributed by atoms with Crippen LogP contribution in [0.2, 0.25) is 0 Å². The largest absolute Gasteiger partial charge is 0.492 e. The van der Waals surface area contributed by atoms with Crippen molar-refractivity contribution in [2.45, 2.75) is 26.7 Å². The Hall–Kier alpha value is -1.06. The first-order valence-corrected chi connectivity index (χ1v) is 10.5. The molecule has 1 heterocycles. The molecule has 0 spiro atoms. The van der Waals surface area contributed by atoms with Crippen LogP contribution in [0.1, 0.15) is 26.7 Å². The van der Waals surface area contributed by atoms with Gasteiger partial charge in [0.05, 0.1) is 6.54 Å². The molecule has 0 bridgehead atoms. The fourth-order valence-corrected chi connectivity index (χ4v) is 3.16. The number of aliphatic imine (C=N–C) groups is 1. The average Bonchev–Trinajstić information content (AvgIpc) is 2.72. The molecule has 1 aliphatic rings. The number of nitrogens with one attached hydrogen (secondary N) is 2. The van der Waals surface area contributed by atoms with Crippen LogP contribution in [0.15, 0.2) is 35.3 Å². The van der Waals surface area contributed by atoms with Gasteiger partial charge in [-0.3, -0.25) is 4.99 Å². The lowest BCUT2D eigenvalue weighted by Gasteiger charge is -2.33. The van der Waals surface area contributed by atoms with Crippen molar-refractivity contribution in [1.29, 1.82) is 0 Å². The number of nitrogens with zero attached hydrogens (tertiary/aromatic N) is 3. The number of halogens is 1. The van der Waals surface area contributed by atoms with E-state index < -0.39 is 0 Å². The Morgan fingerprint density at radius 1 is 1.00 bits per heavy atom. The number of benzene rings is 1. The SMILES string of the molecule is CCNC(=NCCCCN1CCN(CC)CC1)NCCOc1ccccc1.I. The predicted octanol–water partition coefficient (Wildman–Crippen LogP) is 2.66. The molecule has 1 aromatic rings. The van der Waals surface area contributed by atoms with Crippen molar-refractivity contribution in [2.24, 2.45) is 4.99 Å². The van der Waals surface area contributed by atoms with Gasteiger partial charge in [-0.15, -0.1) is 24.0 Å². The lowest BCUT2D eigenvalue weighted by atomic mass is 10.2. The minimum absolute atomic E-state index is 0. The van der Waals surface area contributed by atoms with Crippen molar-refractivity contribution < 1.29 is 4.74 Å². The van der Waals surface area contributed by atoms with Gasteiger partial charge < -0.3 is 25.2 Å². The second kappa shape index (κ2) is 15.8. The number of ether oxygens (including phenoxy) is 1. The van der Waals surface area contributed by atoms with Crippen LogP contribution in [0.3, 0.4) is 0 Å².